The summed E-state index contributed by atoms with van der Waals surface area (Å²) >= 11 is 6.18. The minimum absolute atomic E-state index is 0.0319. The lowest BCUT2D eigenvalue weighted by molar-refractivity contribution is -0.146. The first kappa shape index (κ1) is 14.4. The molecule has 1 N–H and O–H groups in total. The van der Waals surface area contributed by atoms with E-state index in [0.717, 1.165) is 22.6 Å². The van der Waals surface area contributed by atoms with Gasteiger partial charge in [-0.05, 0) is 36.8 Å². The number of carbonyl (C=O) groups is 1. The molecule has 0 aromatic heterocycles. The van der Waals surface area contributed by atoms with Gasteiger partial charge in [0, 0.05) is 16.3 Å². The summed E-state index contributed by atoms with van der Waals surface area (Å²) in [5.41, 5.74) is 3.03. The summed E-state index contributed by atoms with van der Waals surface area (Å²) in [6.07, 6.45) is -0.336. The molecule has 4 nitrogen and oxygen atoms in total. The molecule has 0 amide bonds. The number of rotatable bonds is 2. The van der Waals surface area contributed by atoms with E-state index in [2.05, 4.69) is 5.32 Å². The summed E-state index contributed by atoms with van der Waals surface area (Å²) in [6.45, 7) is 2.14. The highest BCUT2D eigenvalue weighted by molar-refractivity contribution is 6.30. The zero-order chi connectivity index (χ0) is 16.0. The van der Waals surface area contributed by atoms with Crippen molar-refractivity contribution in [3.63, 3.8) is 0 Å². The number of para-hydroxylation sites is 1. The molecule has 118 valence electrons. The number of hydrogen-bond acceptors (Lipinski definition) is 4. The first-order valence-corrected chi connectivity index (χ1v) is 8.05. The molecule has 0 fully saturated rings. The molecule has 0 saturated heterocycles. The predicted molar refractivity (Wildman–Crippen MR) is 88.2 cm³/mol. The first-order valence-electron chi connectivity index (χ1n) is 7.67. The van der Waals surface area contributed by atoms with E-state index in [1.807, 2.05) is 42.5 Å². The van der Waals surface area contributed by atoms with Gasteiger partial charge in [0.2, 0.25) is 0 Å². The van der Waals surface area contributed by atoms with Gasteiger partial charge in [-0.25, -0.2) is 4.79 Å². The molecule has 2 aromatic rings. The average Bonchev–Trinajstić information content (AvgIpc) is 2.94. The van der Waals surface area contributed by atoms with Crippen molar-refractivity contribution in [1.82, 2.24) is 0 Å². The number of fused-ring (bicyclic) bond motifs is 5. The zero-order valence-corrected chi connectivity index (χ0v) is 13.3. The normalized spacial score (nSPS) is 23.8. The summed E-state index contributed by atoms with van der Waals surface area (Å²) in [6, 6.07) is 13.0. The van der Waals surface area contributed by atoms with E-state index < -0.39 is 6.04 Å². The van der Waals surface area contributed by atoms with Gasteiger partial charge in [-0.1, -0.05) is 29.8 Å². The first-order chi connectivity index (χ1) is 11.2. The summed E-state index contributed by atoms with van der Waals surface area (Å²) < 4.78 is 11.3. The molecular formula is C18H16ClNO3. The predicted octanol–water partition coefficient (Wildman–Crippen LogP) is 3.59. The number of hydrogen-bond donors (Lipinski definition) is 1. The molecular weight excluding hydrogens is 314 g/mol. The van der Waals surface area contributed by atoms with E-state index in [1.165, 1.54) is 0 Å². The van der Waals surface area contributed by atoms with Crippen LogP contribution >= 0.6 is 11.6 Å². The van der Waals surface area contributed by atoms with E-state index in [1.54, 1.807) is 6.92 Å². The quantitative estimate of drug-likeness (QED) is 0.855. The van der Waals surface area contributed by atoms with Crippen LogP contribution in [-0.4, -0.2) is 24.7 Å². The number of carbonyl (C=O) groups excluding carboxylic acids is 1. The van der Waals surface area contributed by atoms with Crippen LogP contribution in [0.4, 0.5) is 5.69 Å². The fraction of sp³-hybridized carbons (Fsp3) is 0.278. The van der Waals surface area contributed by atoms with Crippen LogP contribution in [0.3, 0.4) is 0 Å². The molecule has 4 rings (SSSR count). The van der Waals surface area contributed by atoms with Crippen LogP contribution in [0.15, 0.2) is 42.5 Å². The molecule has 0 saturated carbocycles. The number of nitrogens with one attached hydrogen (secondary N) is 1. The van der Waals surface area contributed by atoms with Crippen molar-refractivity contribution >= 4 is 23.3 Å². The Balaban J connectivity index is 1.84. The minimum Gasteiger partial charge on any atom is -0.486 e. The molecule has 2 heterocycles. The fourth-order valence-electron chi connectivity index (χ4n) is 3.44. The summed E-state index contributed by atoms with van der Waals surface area (Å²) in [5, 5.41) is 3.93. The van der Waals surface area contributed by atoms with E-state index in [9.17, 15) is 4.79 Å². The number of benzene rings is 2. The lowest BCUT2D eigenvalue weighted by Crippen LogP contribution is -2.49. The minimum atomic E-state index is -0.541. The molecule has 0 bridgehead atoms. The Bertz CT molecular complexity index is 777. The fourth-order valence-corrected chi connectivity index (χ4v) is 3.62. The maximum atomic E-state index is 12.4. The maximum absolute atomic E-state index is 12.4. The third-order valence-electron chi connectivity index (χ3n) is 4.37. The van der Waals surface area contributed by atoms with Crippen molar-refractivity contribution in [1.29, 1.82) is 0 Å². The lowest BCUT2D eigenvalue weighted by atomic mass is 9.81. The van der Waals surface area contributed by atoms with E-state index in [0.29, 0.717) is 11.6 Å². The van der Waals surface area contributed by atoms with Gasteiger partial charge in [0.05, 0.1) is 12.5 Å². The Hall–Kier alpha value is -2.20. The van der Waals surface area contributed by atoms with Crippen molar-refractivity contribution in [3.8, 4) is 5.75 Å². The van der Waals surface area contributed by atoms with E-state index in [-0.39, 0.29) is 18.0 Å². The van der Waals surface area contributed by atoms with Crippen molar-refractivity contribution in [2.45, 2.75) is 25.0 Å². The standard InChI is InChI=1S/C18H16ClNO3/c1-2-22-18(21)16-17-15(11-5-3-4-6-14(11)23-17)12-9-10(19)7-8-13(12)20-16/h3-9,15-17,20H,2H2,1H3/t15-,16+,17-/m1/s1. The molecule has 2 aliphatic heterocycles. The van der Waals surface area contributed by atoms with Crippen LogP contribution in [-0.2, 0) is 9.53 Å². The van der Waals surface area contributed by atoms with Gasteiger partial charge in [-0.3, -0.25) is 0 Å². The molecule has 2 aromatic carbocycles. The van der Waals surface area contributed by atoms with Crippen LogP contribution in [0, 0.1) is 0 Å². The van der Waals surface area contributed by atoms with E-state index in [4.69, 9.17) is 21.1 Å². The maximum Gasteiger partial charge on any atom is 0.332 e. The molecule has 5 heteroatoms. The molecule has 2 aliphatic rings. The largest absolute Gasteiger partial charge is 0.486 e. The second-order valence-electron chi connectivity index (χ2n) is 5.70. The van der Waals surface area contributed by atoms with Crippen LogP contribution in [0.1, 0.15) is 24.0 Å². The summed E-state index contributed by atoms with van der Waals surface area (Å²) in [7, 11) is 0. The van der Waals surface area contributed by atoms with Crippen LogP contribution in [0.2, 0.25) is 5.02 Å². The summed E-state index contributed by atoms with van der Waals surface area (Å²) in [4.78, 5) is 12.4. The molecule has 3 atom stereocenters. The van der Waals surface area contributed by atoms with Gasteiger partial charge in [-0.2, -0.15) is 0 Å². The van der Waals surface area contributed by atoms with Gasteiger partial charge >= 0.3 is 5.97 Å². The molecule has 23 heavy (non-hydrogen) atoms. The van der Waals surface area contributed by atoms with Gasteiger partial charge < -0.3 is 14.8 Å². The highest BCUT2D eigenvalue weighted by Crippen LogP contribution is 2.49. The molecule has 0 unspecified atom stereocenters. The van der Waals surface area contributed by atoms with Crippen molar-refractivity contribution in [2.75, 3.05) is 11.9 Å². The Morgan fingerprint density at radius 1 is 1.26 bits per heavy atom. The van der Waals surface area contributed by atoms with E-state index >= 15 is 0 Å². The smallest absolute Gasteiger partial charge is 0.332 e. The number of ether oxygens (including phenoxy) is 2. The van der Waals surface area contributed by atoms with Gasteiger partial charge in [-0.15, -0.1) is 0 Å². The third-order valence-corrected chi connectivity index (χ3v) is 4.61. The molecule has 0 spiro atoms. The second kappa shape index (κ2) is 5.46. The Morgan fingerprint density at radius 3 is 2.91 bits per heavy atom. The lowest BCUT2D eigenvalue weighted by Gasteiger charge is -2.34. The number of esters is 1. The second-order valence-corrected chi connectivity index (χ2v) is 6.14. The molecule has 0 radical (unpaired) electrons. The summed E-state index contributed by atoms with van der Waals surface area (Å²) in [5.74, 6) is 0.484. The number of anilines is 1. The Kier molecular flexibility index (Phi) is 3.42. The monoisotopic (exact) mass is 329 g/mol. The van der Waals surface area contributed by atoms with Crippen LogP contribution in [0.25, 0.3) is 0 Å². The Morgan fingerprint density at radius 2 is 2.09 bits per heavy atom. The SMILES string of the molecule is CCOC(=O)[C@H]1Nc2ccc(Cl)cc2[C@H]2c3ccccc3O[C@H]21. The Labute approximate surface area is 139 Å². The van der Waals surface area contributed by atoms with Gasteiger partial charge in [0.25, 0.3) is 0 Å². The zero-order valence-electron chi connectivity index (χ0n) is 12.6. The molecule has 0 aliphatic carbocycles. The van der Waals surface area contributed by atoms with Crippen LogP contribution < -0.4 is 10.1 Å². The highest BCUT2D eigenvalue weighted by atomic mass is 35.5. The average molecular weight is 330 g/mol. The van der Waals surface area contributed by atoms with Crippen molar-refractivity contribution in [3.05, 3.63) is 58.6 Å². The number of halogens is 1. The van der Waals surface area contributed by atoms with Crippen molar-refractivity contribution in [2.24, 2.45) is 0 Å². The van der Waals surface area contributed by atoms with Crippen molar-refractivity contribution < 1.29 is 14.3 Å². The van der Waals surface area contributed by atoms with Gasteiger partial charge in [0.1, 0.15) is 11.9 Å². The topological polar surface area (TPSA) is 47.6 Å². The third kappa shape index (κ3) is 2.25. The van der Waals surface area contributed by atoms with Gasteiger partial charge in [0.15, 0.2) is 6.04 Å². The highest BCUT2D eigenvalue weighted by Gasteiger charge is 2.48. The van der Waals surface area contributed by atoms with Crippen LogP contribution in [0.5, 0.6) is 5.75 Å².